The van der Waals surface area contributed by atoms with Crippen LogP contribution in [0.5, 0.6) is 0 Å². The maximum Gasteiger partial charge on any atom is 0.274 e. The molecule has 2 aromatic heterocycles. The highest BCUT2D eigenvalue weighted by molar-refractivity contribution is 5.92. The molecule has 0 radical (unpaired) electrons. The van der Waals surface area contributed by atoms with Gasteiger partial charge in [-0.2, -0.15) is 5.10 Å². The molecule has 7 heteroatoms. The third-order valence-corrected chi connectivity index (χ3v) is 5.49. The predicted molar refractivity (Wildman–Crippen MR) is 94.2 cm³/mol. The van der Waals surface area contributed by atoms with Crippen LogP contribution in [-0.4, -0.2) is 44.1 Å². The summed E-state index contributed by atoms with van der Waals surface area (Å²) < 4.78 is 0. The molecule has 2 aliphatic rings. The summed E-state index contributed by atoms with van der Waals surface area (Å²) in [4.78, 5) is 23.5. The van der Waals surface area contributed by atoms with Crippen LogP contribution in [0.15, 0.2) is 12.3 Å². The summed E-state index contributed by atoms with van der Waals surface area (Å²) in [5, 5.41) is 7.20. The van der Waals surface area contributed by atoms with Crippen molar-refractivity contribution in [3.05, 3.63) is 34.9 Å². The number of nitrogens with two attached hydrogens (primary N) is 1. The van der Waals surface area contributed by atoms with Crippen molar-refractivity contribution in [1.29, 1.82) is 0 Å². The topological polar surface area (TPSA) is 101 Å². The summed E-state index contributed by atoms with van der Waals surface area (Å²) in [6.45, 7) is 3.57. The lowest BCUT2D eigenvalue weighted by molar-refractivity contribution is 0.0627. The number of anilines is 1. The molecule has 1 atom stereocenters. The second-order valence-corrected chi connectivity index (χ2v) is 7.24. The van der Waals surface area contributed by atoms with E-state index in [0.717, 1.165) is 56.5 Å². The fourth-order valence-electron chi connectivity index (χ4n) is 4.29. The maximum absolute atomic E-state index is 12.9. The minimum Gasteiger partial charge on any atom is -0.368 e. The van der Waals surface area contributed by atoms with Gasteiger partial charge in [0.15, 0.2) is 0 Å². The monoisotopic (exact) mass is 340 g/mol. The van der Waals surface area contributed by atoms with Gasteiger partial charge in [-0.05, 0) is 43.7 Å². The Morgan fingerprint density at radius 2 is 2.32 bits per heavy atom. The summed E-state index contributed by atoms with van der Waals surface area (Å²) in [5.41, 5.74) is 9.49. The minimum atomic E-state index is -0.0805. The fraction of sp³-hybridized carbons (Fsp3) is 0.556. The van der Waals surface area contributed by atoms with Crippen LogP contribution in [0.4, 0.5) is 5.95 Å². The molecule has 1 aliphatic heterocycles. The van der Waals surface area contributed by atoms with Gasteiger partial charge in [-0.3, -0.25) is 9.89 Å². The average Bonchev–Trinajstić information content (AvgIpc) is 3.21. The van der Waals surface area contributed by atoms with Crippen molar-refractivity contribution in [2.45, 2.75) is 50.9 Å². The number of likely N-dealkylation sites (tertiary alicyclic amines) is 1. The summed E-state index contributed by atoms with van der Waals surface area (Å²) in [7, 11) is 0. The first-order valence-corrected chi connectivity index (χ1v) is 9.07. The van der Waals surface area contributed by atoms with Crippen LogP contribution in [0.3, 0.4) is 0 Å². The van der Waals surface area contributed by atoms with Crippen LogP contribution in [0.2, 0.25) is 0 Å². The molecule has 3 N–H and O–H groups in total. The molecule has 0 bridgehead atoms. The number of rotatable bonds is 3. The number of nitrogen functional groups attached to an aromatic ring is 1. The number of carbonyl (C=O) groups excluding carboxylic acids is 1. The van der Waals surface area contributed by atoms with Crippen molar-refractivity contribution in [2.75, 3.05) is 18.8 Å². The molecule has 3 heterocycles. The van der Waals surface area contributed by atoms with E-state index >= 15 is 0 Å². The van der Waals surface area contributed by atoms with Gasteiger partial charge < -0.3 is 10.6 Å². The summed E-state index contributed by atoms with van der Waals surface area (Å²) in [6.07, 6.45) is 7.77. The Morgan fingerprint density at radius 1 is 1.44 bits per heavy atom. The Labute approximate surface area is 147 Å². The molecule has 1 saturated heterocycles. The van der Waals surface area contributed by atoms with Gasteiger partial charge in [-0.25, -0.2) is 9.97 Å². The van der Waals surface area contributed by atoms with Crippen molar-refractivity contribution in [1.82, 2.24) is 25.1 Å². The Kier molecular flexibility index (Phi) is 3.94. The number of nitrogens with zero attached hydrogens (tertiary/aromatic N) is 4. The Hall–Kier alpha value is -2.44. The number of aromatic amines is 1. The molecule has 1 amide bonds. The van der Waals surface area contributed by atoms with E-state index in [-0.39, 0.29) is 11.3 Å². The van der Waals surface area contributed by atoms with Gasteiger partial charge >= 0.3 is 0 Å². The third kappa shape index (κ3) is 2.77. The van der Waals surface area contributed by atoms with Gasteiger partial charge in [0.2, 0.25) is 5.95 Å². The fourth-order valence-corrected chi connectivity index (χ4v) is 4.29. The van der Waals surface area contributed by atoms with E-state index in [4.69, 9.17) is 5.73 Å². The predicted octanol–water partition coefficient (Wildman–Crippen LogP) is 1.85. The number of aryl methyl sites for hydroxylation is 2. The molecule has 1 unspecified atom stereocenters. The van der Waals surface area contributed by atoms with Crippen LogP contribution in [0.1, 0.15) is 60.0 Å². The second kappa shape index (κ2) is 6.13. The van der Waals surface area contributed by atoms with Crippen molar-refractivity contribution in [3.63, 3.8) is 0 Å². The van der Waals surface area contributed by atoms with E-state index in [1.54, 1.807) is 0 Å². The zero-order chi connectivity index (χ0) is 17.4. The van der Waals surface area contributed by atoms with E-state index in [9.17, 15) is 4.79 Å². The van der Waals surface area contributed by atoms with Gasteiger partial charge in [-0.15, -0.1) is 0 Å². The highest BCUT2D eigenvalue weighted by Gasteiger charge is 2.45. The van der Waals surface area contributed by atoms with Gasteiger partial charge in [0.25, 0.3) is 5.91 Å². The Bertz CT molecular complexity index is 797. The number of hydrogen-bond acceptors (Lipinski definition) is 5. The molecule has 1 spiro atoms. The third-order valence-electron chi connectivity index (χ3n) is 5.49. The summed E-state index contributed by atoms with van der Waals surface area (Å²) in [6, 6.07) is 1.88. The van der Waals surface area contributed by atoms with Crippen LogP contribution in [0.25, 0.3) is 0 Å². The molecule has 0 aromatic carbocycles. The van der Waals surface area contributed by atoms with E-state index in [2.05, 4.69) is 27.1 Å². The number of nitrogens with one attached hydrogen (secondary N) is 1. The first-order valence-electron chi connectivity index (χ1n) is 9.07. The lowest BCUT2D eigenvalue weighted by Gasteiger charge is -2.40. The average molecular weight is 340 g/mol. The minimum absolute atomic E-state index is 0.00755. The maximum atomic E-state index is 12.9. The van der Waals surface area contributed by atoms with Gasteiger partial charge in [0.05, 0.1) is 5.69 Å². The molecule has 7 nitrogen and oxygen atoms in total. The van der Waals surface area contributed by atoms with Crippen molar-refractivity contribution >= 4 is 11.9 Å². The summed E-state index contributed by atoms with van der Waals surface area (Å²) >= 11 is 0. The molecule has 1 aliphatic carbocycles. The quantitative estimate of drug-likeness (QED) is 0.888. The van der Waals surface area contributed by atoms with Gasteiger partial charge in [0, 0.05) is 30.4 Å². The number of amides is 1. The number of piperidine rings is 1. The van der Waals surface area contributed by atoms with E-state index in [1.807, 2.05) is 17.2 Å². The zero-order valence-electron chi connectivity index (χ0n) is 14.6. The van der Waals surface area contributed by atoms with Crippen LogP contribution >= 0.6 is 0 Å². The smallest absolute Gasteiger partial charge is 0.274 e. The number of fused-ring (bicyclic) bond motifs is 2. The standard InChI is InChI=1S/C18H24N6O/c1-2-4-13-9-14(23-22-13)16(25)24-8-3-6-18(11-24)7-5-12-10-20-17(19)21-15(12)18/h9-10H,2-8,11H2,1H3,(H,22,23)(H2,19,20,21). The van der Waals surface area contributed by atoms with E-state index < -0.39 is 0 Å². The Balaban J connectivity index is 1.57. The first kappa shape index (κ1) is 16.1. The van der Waals surface area contributed by atoms with Crippen LogP contribution < -0.4 is 5.73 Å². The lowest BCUT2D eigenvalue weighted by Crippen LogP contribution is -2.48. The van der Waals surface area contributed by atoms with Crippen molar-refractivity contribution in [3.8, 4) is 0 Å². The lowest BCUT2D eigenvalue weighted by atomic mass is 9.77. The zero-order valence-corrected chi connectivity index (χ0v) is 14.6. The SMILES string of the molecule is CCCc1cc(C(=O)N2CCCC3(CCc4cnc(N)nc43)C2)n[nH]1. The normalized spacial score (nSPS) is 22.4. The highest BCUT2D eigenvalue weighted by Crippen LogP contribution is 2.44. The largest absolute Gasteiger partial charge is 0.368 e. The second-order valence-electron chi connectivity index (χ2n) is 7.24. The molecular weight excluding hydrogens is 316 g/mol. The Morgan fingerprint density at radius 3 is 3.16 bits per heavy atom. The van der Waals surface area contributed by atoms with Crippen LogP contribution in [0, 0.1) is 0 Å². The molecule has 4 rings (SSSR count). The molecule has 25 heavy (non-hydrogen) atoms. The molecule has 2 aromatic rings. The van der Waals surface area contributed by atoms with E-state index in [0.29, 0.717) is 18.2 Å². The number of carbonyl (C=O) groups is 1. The molecule has 1 fully saturated rings. The highest BCUT2D eigenvalue weighted by atomic mass is 16.2. The van der Waals surface area contributed by atoms with Gasteiger partial charge in [0.1, 0.15) is 5.69 Å². The molecular formula is C18H24N6O. The van der Waals surface area contributed by atoms with Crippen LogP contribution in [-0.2, 0) is 18.3 Å². The molecule has 132 valence electrons. The number of hydrogen-bond donors (Lipinski definition) is 2. The van der Waals surface area contributed by atoms with E-state index in [1.165, 1.54) is 5.56 Å². The van der Waals surface area contributed by atoms with Crippen molar-refractivity contribution in [2.24, 2.45) is 0 Å². The first-order chi connectivity index (χ1) is 12.1. The van der Waals surface area contributed by atoms with Crippen molar-refractivity contribution < 1.29 is 4.79 Å². The summed E-state index contributed by atoms with van der Waals surface area (Å²) in [5.74, 6) is 0.327. The molecule has 0 saturated carbocycles. The number of aromatic nitrogens is 4. The van der Waals surface area contributed by atoms with Gasteiger partial charge in [-0.1, -0.05) is 13.3 Å². The number of H-pyrrole nitrogens is 1.